The number of carboxylic acid groups (broad SMARTS) is 1. The van der Waals surface area contributed by atoms with Gasteiger partial charge in [0.05, 0.1) is 0 Å². The number of rotatable bonds is 1. The van der Waals surface area contributed by atoms with Gasteiger partial charge in [-0.25, -0.2) is 14.2 Å². The molecular formula is C10H6FNO3. The topological polar surface area (TPSA) is 70.4 Å². The first kappa shape index (κ1) is 9.39. The summed E-state index contributed by atoms with van der Waals surface area (Å²) in [5.74, 6) is -2.67. The molecule has 0 radical (unpaired) electrons. The lowest BCUT2D eigenvalue weighted by molar-refractivity contribution is 0.0691. The Labute approximate surface area is 83.6 Å². The highest BCUT2D eigenvalue weighted by Gasteiger charge is 2.10. The van der Waals surface area contributed by atoms with E-state index in [1.165, 1.54) is 18.2 Å². The van der Waals surface area contributed by atoms with Gasteiger partial charge >= 0.3 is 5.97 Å². The molecule has 5 heteroatoms. The van der Waals surface area contributed by atoms with Crippen LogP contribution < -0.4 is 0 Å². The van der Waals surface area contributed by atoms with Crippen LogP contribution in [0.25, 0.3) is 10.9 Å². The molecule has 1 heterocycles. The second-order valence-electron chi connectivity index (χ2n) is 2.97. The van der Waals surface area contributed by atoms with Gasteiger partial charge in [0.1, 0.15) is 11.2 Å². The Morgan fingerprint density at radius 3 is 2.60 bits per heavy atom. The van der Waals surface area contributed by atoms with Gasteiger partial charge in [-0.05, 0) is 18.2 Å². The molecular weight excluding hydrogens is 201 g/mol. The number of hydrogen-bond donors (Lipinski definition) is 2. The number of phenolic OH excluding ortho intramolecular Hbond substituents is 1. The maximum atomic E-state index is 12.9. The zero-order chi connectivity index (χ0) is 11.0. The molecule has 2 N–H and O–H groups in total. The van der Waals surface area contributed by atoms with E-state index in [9.17, 15) is 14.3 Å². The highest BCUT2D eigenvalue weighted by atomic mass is 19.1. The van der Waals surface area contributed by atoms with Crippen LogP contribution >= 0.6 is 0 Å². The smallest absolute Gasteiger partial charge is 0.354 e. The first-order valence-corrected chi connectivity index (χ1v) is 4.11. The Morgan fingerprint density at radius 1 is 1.27 bits per heavy atom. The van der Waals surface area contributed by atoms with Gasteiger partial charge in [-0.1, -0.05) is 6.07 Å². The van der Waals surface area contributed by atoms with Crippen molar-refractivity contribution in [2.24, 2.45) is 0 Å². The Kier molecular flexibility index (Phi) is 2.00. The predicted octanol–water partition coefficient (Wildman–Crippen LogP) is 1.78. The maximum absolute atomic E-state index is 12.9. The average Bonchev–Trinajstić information content (AvgIpc) is 2.23. The second-order valence-corrected chi connectivity index (χ2v) is 2.97. The number of fused-ring (bicyclic) bond motifs is 1. The highest BCUT2D eigenvalue weighted by molar-refractivity contribution is 5.91. The SMILES string of the molecule is O=C(O)c1ccc2ccc(F)c(O)c2n1. The molecule has 0 amide bonds. The van der Waals surface area contributed by atoms with Crippen LogP contribution in [0.1, 0.15) is 10.5 Å². The van der Waals surface area contributed by atoms with Crippen molar-refractivity contribution in [2.45, 2.75) is 0 Å². The standard InChI is InChI=1S/C10H6FNO3/c11-6-3-1-5-2-4-7(10(14)15)12-8(5)9(6)13/h1-4,13H,(H,14,15). The zero-order valence-electron chi connectivity index (χ0n) is 7.44. The van der Waals surface area contributed by atoms with Crippen LogP contribution in [0.2, 0.25) is 0 Å². The molecule has 0 saturated carbocycles. The van der Waals surface area contributed by atoms with Crippen LogP contribution in [0.15, 0.2) is 24.3 Å². The number of pyridine rings is 1. The fraction of sp³-hybridized carbons (Fsp3) is 0. The predicted molar refractivity (Wildman–Crippen MR) is 50.3 cm³/mol. The molecule has 0 aliphatic rings. The van der Waals surface area contributed by atoms with Gasteiger partial charge in [0.15, 0.2) is 11.6 Å². The third-order valence-electron chi connectivity index (χ3n) is 2.01. The minimum Gasteiger partial charge on any atom is -0.503 e. The number of carbonyl (C=O) groups is 1. The summed E-state index contributed by atoms with van der Waals surface area (Å²) in [6, 6.07) is 5.27. The van der Waals surface area contributed by atoms with E-state index in [-0.39, 0.29) is 11.2 Å². The molecule has 0 aliphatic carbocycles. The lowest BCUT2D eigenvalue weighted by Crippen LogP contribution is -2.00. The Morgan fingerprint density at radius 2 is 1.93 bits per heavy atom. The van der Waals surface area contributed by atoms with Gasteiger partial charge in [0, 0.05) is 5.39 Å². The van der Waals surface area contributed by atoms with Gasteiger partial charge in [-0.15, -0.1) is 0 Å². The molecule has 76 valence electrons. The quantitative estimate of drug-likeness (QED) is 0.747. The third kappa shape index (κ3) is 1.48. The van der Waals surface area contributed by atoms with Crippen LogP contribution in [-0.2, 0) is 0 Å². The van der Waals surface area contributed by atoms with Crippen LogP contribution in [0.5, 0.6) is 5.75 Å². The second kappa shape index (κ2) is 3.20. The number of halogens is 1. The summed E-state index contributed by atoms with van der Waals surface area (Å²) in [5, 5.41) is 18.5. The summed E-state index contributed by atoms with van der Waals surface area (Å²) in [7, 11) is 0. The number of benzene rings is 1. The number of aromatic hydroxyl groups is 1. The fourth-order valence-corrected chi connectivity index (χ4v) is 1.27. The normalized spacial score (nSPS) is 10.5. The Balaban J connectivity index is 2.79. The fourth-order valence-electron chi connectivity index (χ4n) is 1.27. The van der Waals surface area contributed by atoms with Crippen molar-refractivity contribution in [1.29, 1.82) is 0 Å². The number of carboxylic acids is 1. The molecule has 0 atom stereocenters. The molecule has 0 spiro atoms. The van der Waals surface area contributed by atoms with Crippen molar-refractivity contribution in [1.82, 2.24) is 4.98 Å². The van der Waals surface area contributed by atoms with E-state index < -0.39 is 17.5 Å². The average molecular weight is 207 g/mol. The molecule has 1 aromatic carbocycles. The number of nitrogens with zero attached hydrogens (tertiary/aromatic N) is 1. The molecule has 0 saturated heterocycles. The lowest BCUT2D eigenvalue weighted by Gasteiger charge is -2.02. The molecule has 0 fully saturated rings. The van der Waals surface area contributed by atoms with Crippen molar-refractivity contribution in [3.8, 4) is 5.75 Å². The molecule has 4 nitrogen and oxygen atoms in total. The van der Waals surface area contributed by atoms with Crippen molar-refractivity contribution < 1.29 is 19.4 Å². The molecule has 1 aromatic heterocycles. The molecule has 2 aromatic rings. The summed E-state index contributed by atoms with van der Waals surface area (Å²) < 4.78 is 12.9. The minimum atomic E-state index is -1.22. The summed E-state index contributed by atoms with van der Waals surface area (Å²) in [5.41, 5.74) is -0.279. The molecule has 0 bridgehead atoms. The van der Waals surface area contributed by atoms with Crippen LogP contribution in [0, 0.1) is 5.82 Å². The minimum absolute atomic E-state index is 0.0464. The summed E-state index contributed by atoms with van der Waals surface area (Å²) in [6.07, 6.45) is 0. The van der Waals surface area contributed by atoms with Gasteiger partial charge < -0.3 is 10.2 Å². The lowest BCUT2D eigenvalue weighted by atomic mass is 10.2. The zero-order valence-corrected chi connectivity index (χ0v) is 7.44. The highest BCUT2D eigenvalue weighted by Crippen LogP contribution is 2.25. The van der Waals surface area contributed by atoms with Gasteiger partial charge in [-0.2, -0.15) is 0 Å². The number of aromatic nitrogens is 1. The van der Waals surface area contributed by atoms with E-state index in [0.29, 0.717) is 5.39 Å². The maximum Gasteiger partial charge on any atom is 0.354 e. The number of aromatic carboxylic acids is 1. The summed E-state index contributed by atoms with van der Waals surface area (Å²) in [4.78, 5) is 14.2. The van der Waals surface area contributed by atoms with Crippen LogP contribution in [0.4, 0.5) is 4.39 Å². The summed E-state index contributed by atoms with van der Waals surface area (Å²) in [6.45, 7) is 0. The third-order valence-corrected chi connectivity index (χ3v) is 2.01. The van der Waals surface area contributed by atoms with Crippen molar-refractivity contribution in [3.05, 3.63) is 35.8 Å². The van der Waals surface area contributed by atoms with Gasteiger partial charge in [0.2, 0.25) is 0 Å². The van der Waals surface area contributed by atoms with E-state index in [1.807, 2.05) is 0 Å². The number of phenols is 1. The molecule has 0 unspecified atom stereocenters. The molecule has 2 rings (SSSR count). The van der Waals surface area contributed by atoms with Crippen LogP contribution in [-0.4, -0.2) is 21.2 Å². The van der Waals surface area contributed by atoms with E-state index >= 15 is 0 Å². The monoisotopic (exact) mass is 207 g/mol. The Bertz CT molecular complexity index is 554. The first-order valence-electron chi connectivity index (χ1n) is 4.11. The largest absolute Gasteiger partial charge is 0.503 e. The van der Waals surface area contributed by atoms with E-state index in [2.05, 4.69) is 4.98 Å². The van der Waals surface area contributed by atoms with E-state index in [0.717, 1.165) is 6.07 Å². The van der Waals surface area contributed by atoms with Gasteiger partial charge in [0.25, 0.3) is 0 Å². The van der Waals surface area contributed by atoms with E-state index in [1.54, 1.807) is 0 Å². The van der Waals surface area contributed by atoms with Crippen molar-refractivity contribution in [3.63, 3.8) is 0 Å². The van der Waals surface area contributed by atoms with Crippen molar-refractivity contribution >= 4 is 16.9 Å². The van der Waals surface area contributed by atoms with Crippen molar-refractivity contribution in [2.75, 3.05) is 0 Å². The Hall–Kier alpha value is -2.17. The molecule has 15 heavy (non-hydrogen) atoms. The van der Waals surface area contributed by atoms with Crippen LogP contribution in [0.3, 0.4) is 0 Å². The summed E-state index contributed by atoms with van der Waals surface area (Å²) >= 11 is 0. The number of hydrogen-bond acceptors (Lipinski definition) is 3. The van der Waals surface area contributed by atoms with E-state index in [4.69, 9.17) is 5.11 Å². The molecule has 0 aliphatic heterocycles. The first-order chi connectivity index (χ1) is 7.09. The van der Waals surface area contributed by atoms with Gasteiger partial charge in [-0.3, -0.25) is 0 Å².